The second kappa shape index (κ2) is 11.8. The highest BCUT2D eigenvalue weighted by atomic mass is 127. The molecule has 0 saturated heterocycles. The quantitative estimate of drug-likeness (QED) is 0.255. The Morgan fingerprint density at radius 2 is 1.55 bits per heavy atom. The first-order valence-corrected chi connectivity index (χ1v) is 14.7. The van der Waals surface area contributed by atoms with Crippen LogP contribution in [-0.4, -0.2) is 56.7 Å². The average molecular weight is 708 g/mol. The van der Waals surface area contributed by atoms with Crippen molar-refractivity contribution in [2.45, 2.75) is 51.2 Å². The van der Waals surface area contributed by atoms with Crippen molar-refractivity contribution in [3.8, 4) is 0 Å². The molecule has 0 aliphatic carbocycles. The molecular formula is C25H27F6IN2O5S. The molecule has 2 N–H and O–H groups in total. The molecule has 2 aromatic rings. The Morgan fingerprint density at radius 1 is 0.975 bits per heavy atom. The van der Waals surface area contributed by atoms with Gasteiger partial charge in [-0.2, -0.15) is 26.3 Å². The summed E-state index contributed by atoms with van der Waals surface area (Å²) in [5.41, 5.74) is -7.49. The van der Waals surface area contributed by atoms with Gasteiger partial charge in [-0.15, -0.1) is 0 Å². The van der Waals surface area contributed by atoms with Gasteiger partial charge in [0.05, 0.1) is 16.9 Å². The second-order valence-corrected chi connectivity index (χ2v) is 13.0. The third kappa shape index (κ3) is 7.46. The van der Waals surface area contributed by atoms with Crippen molar-refractivity contribution in [1.82, 2.24) is 5.32 Å². The summed E-state index contributed by atoms with van der Waals surface area (Å²) >= 11 is 1.80. The highest BCUT2D eigenvalue weighted by Gasteiger charge is 2.73. The van der Waals surface area contributed by atoms with Gasteiger partial charge >= 0.3 is 12.4 Å². The fourth-order valence-electron chi connectivity index (χ4n) is 4.17. The molecule has 0 unspecified atom stereocenters. The van der Waals surface area contributed by atoms with E-state index in [1.807, 2.05) is 0 Å². The molecule has 15 heteroatoms. The van der Waals surface area contributed by atoms with Gasteiger partial charge in [0.25, 0.3) is 17.4 Å². The van der Waals surface area contributed by atoms with Gasteiger partial charge in [-0.25, -0.2) is 8.42 Å². The van der Waals surface area contributed by atoms with Crippen LogP contribution in [0.3, 0.4) is 0 Å². The maximum absolute atomic E-state index is 13.8. The maximum Gasteiger partial charge on any atom is 0.430 e. The minimum atomic E-state index is -5.84. The molecular weight excluding hydrogens is 681 g/mol. The molecule has 0 aromatic heterocycles. The van der Waals surface area contributed by atoms with Gasteiger partial charge in [0, 0.05) is 33.2 Å². The van der Waals surface area contributed by atoms with E-state index in [1.54, 1.807) is 22.6 Å². The molecule has 0 aliphatic rings. The zero-order chi connectivity index (χ0) is 30.9. The zero-order valence-electron chi connectivity index (χ0n) is 22.0. The molecule has 222 valence electrons. The number of alkyl halides is 6. The first-order chi connectivity index (χ1) is 18.1. The molecule has 0 aliphatic heterocycles. The molecule has 0 atom stereocenters. The largest absolute Gasteiger partial charge is 0.430 e. The van der Waals surface area contributed by atoms with Crippen molar-refractivity contribution in [1.29, 1.82) is 0 Å². The average Bonchev–Trinajstić information content (AvgIpc) is 2.74. The number of halogens is 7. The lowest BCUT2D eigenvalue weighted by Gasteiger charge is -2.37. The number of nitrogens with one attached hydrogen (secondary N) is 2. The summed E-state index contributed by atoms with van der Waals surface area (Å²) in [5.74, 6) is -2.02. The third-order valence-electron chi connectivity index (χ3n) is 5.60. The Bertz CT molecular complexity index is 1380. The van der Waals surface area contributed by atoms with E-state index in [1.165, 1.54) is 39.0 Å². The summed E-state index contributed by atoms with van der Waals surface area (Å²) in [7, 11) is -3.47. The van der Waals surface area contributed by atoms with E-state index in [9.17, 15) is 44.3 Å². The number of rotatable bonds is 9. The lowest BCUT2D eigenvalue weighted by atomic mass is 9.90. The van der Waals surface area contributed by atoms with Crippen molar-refractivity contribution in [3.63, 3.8) is 0 Å². The minimum Gasteiger partial charge on any atom is -0.354 e. The van der Waals surface area contributed by atoms with E-state index >= 15 is 0 Å². The summed E-state index contributed by atoms with van der Waals surface area (Å²) in [6.45, 7) is 4.30. The molecule has 0 heterocycles. The molecule has 2 aromatic carbocycles. The molecule has 0 fully saturated rings. The number of ether oxygens (including phenoxy) is 1. The zero-order valence-corrected chi connectivity index (χ0v) is 24.9. The third-order valence-corrected chi connectivity index (χ3v) is 7.75. The van der Waals surface area contributed by atoms with Gasteiger partial charge in [0.2, 0.25) is 0 Å². The number of carbonyl (C=O) groups excluding carboxylic acids is 2. The van der Waals surface area contributed by atoms with Crippen LogP contribution in [0, 0.1) is 10.5 Å². The second-order valence-electron chi connectivity index (χ2n) is 9.66. The van der Waals surface area contributed by atoms with Gasteiger partial charge in [0.15, 0.2) is 0 Å². The van der Waals surface area contributed by atoms with Crippen LogP contribution in [0.5, 0.6) is 0 Å². The molecule has 0 spiro atoms. The lowest BCUT2D eigenvalue weighted by Crippen LogP contribution is -2.56. The fourth-order valence-corrected chi connectivity index (χ4v) is 6.30. The van der Waals surface area contributed by atoms with E-state index in [4.69, 9.17) is 0 Å². The Labute approximate surface area is 241 Å². The lowest BCUT2D eigenvalue weighted by molar-refractivity contribution is -0.388. The number of hydrogen-bond acceptors (Lipinski definition) is 5. The smallest absolute Gasteiger partial charge is 0.354 e. The Kier molecular flexibility index (Phi) is 10.0. The van der Waals surface area contributed by atoms with Gasteiger partial charge in [-0.3, -0.25) is 9.59 Å². The van der Waals surface area contributed by atoms with Crippen molar-refractivity contribution in [2.75, 3.05) is 23.9 Å². The van der Waals surface area contributed by atoms with Crippen molar-refractivity contribution < 1.29 is 49.1 Å². The summed E-state index contributed by atoms with van der Waals surface area (Å²) < 4.78 is 111. The van der Waals surface area contributed by atoms with Crippen LogP contribution in [0.1, 0.15) is 52.6 Å². The summed E-state index contributed by atoms with van der Waals surface area (Å²) in [5, 5.41) is 4.99. The Balaban J connectivity index is 2.48. The number of amides is 2. The van der Waals surface area contributed by atoms with E-state index < -0.39 is 57.3 Å². The Morgan fingerprint density at radius 3 is 2.02 bits per heavy atom. The van der Waals surface area contributed by atoms with E-state index in [0.29, 0.717) is 15.7 Å². The first kappa shape index (κ1) is 33.8. The Hall–Kier alpha value is -2.40. The van der Waals surface area contributed by atoms with Gasteiger partial charge < -0.3 is 15.4 Å². The number of aryl methyl sites for hydroxylation is 1. The number of sulfone groups is 1. The van der Waals surface area contributed by atoms with Crippen LogP contribution >= 0.6 is 22.6 Å². The number of hydrogen-bond donors (Lipinski definition) is 2. The number of benzene rings is 2. The molecule has 40 heavy (non-hydrogen) atoms. The normalized spacial score (nSPS) is 13.2. The summed E-state index contributed by atoms with van der Waals surface area (Å²) in [4.78, 5) is 26.3. The highest BCUT2D eigenvalue weighted by Crippen LogP contribution is 2.53. The predicted octanol–water partition coefficient (Wildman–Crippen LogP) is 5.76. The van der Waals surface area contributed by atoms with Crippen molar-refractivity contribution in [3.05, 3.63) is 62.2 Å². The van der Waals surface area contributed by atoms with Crippen LogP contribution in [0.2, 0.25) is 0 Å². The summed E-state index contributed by atoms with van der Waals surface area (Å²) in [6, 6.07) is 6.37. The van der Waals surface area contributed by atoms with Gasteiger partial charge in [0.1, 0.15) is 9.84 Å². The minimum absolute atomic E-state index is 0.0963. The van der Waals surface area contributed by atoms with Crippen molar-refractivity contribution >= 4 is 49.9 Å². The van der Waals surface area contributed by atoms with Crippen LogP contribution in [0.15, 0.2) is 36.4 Å². The monoisotopic (exact) mass is 708 g/mol. The van der Waals surface area contributed by atoms with Gasteiger partial charge in [-0.1, -0.05) is 18.2 Å². The van der Waals surface area contributed by atoms with Crippen LogP contribution < -0.4 is 10.6 Å². The summed E-state index contributed by atoms with van der Waals surface area (Å²) in [6.07, 6.45) is -10.7. The number of carbonyl (C=O) groups is 2. The SMILES string of the molecule is CCOC(c1ccc(NC(=O)c2cccc(I)c2C(=O)NC(C)(C)CS(C)(=O)=O)c(C)c1)(C(F)(F)F)C(F)(F)F. The standard InChI is InChI=1S/C25H27F6IN2O5S/c1-6-39-23(24(26,27)28,25(29,30)31)15-10-11-18(14(2)12-15)33-20(35)16-8-7-9-17(32)19(16)21(36)34-22(3,4)13-40(5,37)38/h7-12H,6,13H2,1-5H3,(H,33,35)(H,34,36). The molecule has 0 bridgehead atoms. The van der Waals surface area contributed by atoms with E-state index in [2.05, 4.69) is 15.4 Å². The molecule has 0 saturated carbocycles. The molecule has 0 radical (unpaired) electrons. The molecule has 2 rings (SSSR count). The maximum atomic E-state index is 13.8. The van der Waals surface area contributed by atoms with Crippen molar-refractivity contribution in [2.24, 2.45) is 0 Å². The van der Waals surface area contributed by atoms with E-state index in [-0.39, 0.29) is 28.1 Å². The van der Waals surface area contributed by atoms with Crippen LogP contribution in [0.25, 0.3) is 0 Å². The topological polar surface area (TPSA) is 102 Å². The molecule has 7 nitrogen and oxygen atoms in total. The van der Waals surface area contributed by atoms with Crippen LogP contribution in [0.4, 0.5) is 32.0 Å². The predicted molar refractivity (Wildman–Crippen MR) is 145 cm³/mol. The van der Waals surface area contributed by atoms with E-state index in [0.717, 1.165) is 19.2 Å². The van der Waals surface area contributed by atoms with Gasteiger partial charge in [-0.05, 0) is 74.0 Å². The highest BCUT2D eigenvalue weighted by molar-refractivity contribution is 14.1. The van der Waals surface area contributed by atoms with Crippen LogP contribution in [-0.2, 0) is 20.2 Å². The fraction of sp³-hybridized carbons (Fsp3) is 0.440. The molecule has 2 amide bonds. The number of anilines is 1. The first-order valence-electron chi connectivity index (χ1n) is 11.5.